The van der Waals surface area contributed by atoms with Gasteiger partial charge in [-0.2, -0.15) is 4.98 Å². The number of benzene rings is 1. The second-order valence-corrected chi connectivity index (χ2v) is 6.15. The lowest BCUT2D eigenvalue weighted by molar-refractivity contribution is 0.182. The SMILES string of the molecule is Cc1cc(OC2CCN(C(=O)NCc3ccc(F)cc3)C2)nc(C)n1. The summed E-state index contributed by atoms with van der Waals surface area (Å²) < 4.78 is 18.8. The van der Waals surface area contributed by atoms with E-state index >= 15 is 0 Å². The van der Waals surface area contributed by atoms with Gasteiger partial charge in [-0.15, -0.1) is 0 Å². The van der Waals surface area contributed by atoms with Crippen molar-refractivity contribution in [2.24, 2.45) is 0 Å². The first kappa shape index (κ1) is 17.1. The van der Waals surface area contributed by atoms with Gasteiger partial charge < -0.3 is 15.0 Å². The molecule has 0 saturated carbocycles. The van der Waals surface area contributed by atoms with Gasteiger partial charge in [0.25, 0.3) is 0 Å². The summed E-state index contributed by atoms with van der Waals surface area (Å²) in [5, 5.41) is 2.85. The van der Waals surface area contributed by atoms with E-state index in [0.29, 0.717) is 31.3 Å². The summed E-state index contributed by atoms with van der Waals surface area (Å²) in [7, 11) is 0. The monoisotopic (exact) mass is 344 g/mol. The Morgan fingerprint density at radius 1 is 1.32 bits per heavy atom. The summed E-state index contributed by atoms with van der Waals surface area (Å²) in [5.41, 5.74) is 1.71. The fourth-order valence-electron chi connectivity index (χ4n) is 2.81. The number of nitrogens with zero attached hydrogens (tertiary/aromatic N) is 3. The number of halogens is 1. The second kappa shape index (κ2) is 7.46. The van der Waals surface area contributed by atoms with Crippen molar-refractivity contribution in [3.8, 4) is 5.88 Å². The lowest BCUT2D eigenvalue weighted by Gasteiger charge is -2.18. The molecule has 1 aromatic heterocycles. The van der Waals surface area contributed by atoms with Crippen LogP contribution in [0.1, 0.15) is 23.5 Å². The number of nitrogens with one attached hydrogen (secondary N) is 1. The topological polar surface area (TPSA) is 67.3 Å². The van der Waals surface area contributed by atoms with Gasteiger partial charge in [0.05, 0.1) is 6.54 Å². The standard InChI is InChI=1S/C18H21FN4O2/c1-12-9-17(22-13(2)21-12)25-16-7-8-23(11-16)18(24)20-10-14-3-5-15(19)6-4-14/h3-6,9,16H,7-8,10-11H2,1-2H3,(H,20,24). The van der Waals surface area contributed by atoms with Crippen LogP contribution >= 0.6 is 0 Å². The van der Waals surface area contributed by atoms with Gasteiger partial charge in [-0.05, 0) is 31.5 Å². The number of hydrogen-bond acceptors (Lipinski definition) is 4. The highest BCUT2D eigenvalue weighted by atomic mass is 19.1. The van der Waals surface area contributed by atoms with Crippen molar-refractivity contribution in [3.05, 3.63) is 53.2 Å². The summed E-state index contributed by atoms with van der Waals surface area (Å²) >= 11 is 0. The Kier molecular flexibility index (Phi) is 5.11. The third kappa shape index (κ3) is 4.65. The summed E-state index contributed by atoms with van der Waals surface area (Å²) in [5.74, 6) is 0.926. The van der Waals surface area contributed by atoms with E-state index in [2.05, 4.69) is 15.3 Å². The number of aromatic nitrogens is 2. The van der Waals surface area contributed by atoms with Gasteiger partial charge in [0, 0.05) is 31.3 Å². The number of carbonyl (C=O) groups is 1. The molecule has 3 rings (SSSR count). The van der Waals surface area contributed by atoms with Gasteiger partial charge in [-0.25, -0.2) is 14.2 Å². The number of ether oxygens (including phenoxy) is 1. The molecule has 1 atom stereocenters. The third-order valence-electron chi connectivity index (χ3n) is 4.02. The van der Waals surface area contributed by atoms with Crippen molar-refractivity contribution in [3.63, 3.8) is 0 Å². The molecule has 6 nitrogen and oxygen atoms in total. The molecular weight excluding hydrogens is 323 g/mol. The van der Waals surface area contributed by atoms with E-state index in [0.717, 1.165) is 17.7 Å². The van der Waals surface area contributed by atoms with Crippen LogP contribution in [0, 0.1) is 19.7 Å². The zero-order chi connectivity index (χ0) is 17.8. The molecule has 1 aromatic carbocycles. The first-order valence-electron chi connectivity index (χ1n) is 8.26. The van der Waals surface area contributed by atoms with Crippen molar-refractivity contribution in [1.82, 2.24) is 20.2 Å². The Bertz CT molecular complexity index is 731. The smallest absolute Gasteiger partial charge is 0.317 e. The Hall–Kier alpha value is -2.70. The van der Waals surface area contributed by atoms with Crippen molar-refractivity contribution >= 4 is 6.03 Å². The Morgan fingerprint density at radius 2 is 2.08 bits per heavy atom. The van der Waals surface area contributed by atoms with Crippen LogP contribution in [0.15, 0.2) is 30.3 Å². The van der Waals surface area contributed by atoms with Gasteiger partial charge in [0.15, 0.2) is 0 Å². The first-order valence-corrected chi connectivity index (χ1v) is 8.26. The summed E-state index contributed by atoms with van der Waals surface area (Å²) in [4.78, 5) is 22.5. The minimum Gasteiger partial charge on any atom is -0.472 e. The minimum absolute atomic E-state index is 0.0785. The predicted octanol–water partition coefficient (Wildman–Crippen LogP) is 2.60. The lowest BCUT2D eigenvalue weighted by atomic mass is 10.2. The first-order chi connectivity index (χ1) is 12.0. The third-order valence-corrected chi connectivity index (χ3v) is 4.02. The van der Waals surface area contributed by atoms with E-state index in [-0.39, 0.29) is 18.0 Å². The highest BCUT2D eigenvalue weighted by molar-refractivity contribution is 5.74. The molecule has 2 amide bonds. The summed E-state index contributed by atoms with van der Waals surface area (Å²) in [6, 6.07) is 7.73. The molecule has 1 N–H and O–H groups in total. The Labute approximate surface area is 146 Å². The number of carbonyl (C=O) groups excluding carboxylic acids is 1. The van der Waals surface area contributed by atoms with Crippen LogP contribution in [0.4, 0.5) is 9.18 Å². The highest BCUT2D eigenvalue weighted by Crippen LogP contribution is 2.17. The maximum absolute atomic E-state index is 12.9. The number of urea groups is 1. The highest BCUT2D eigenvalue weighted by Gasteiger charge is 2.27. The zero-order valence-corrected chi connectivity index (χ0v) is 14.3. The molecule has 0 aliphatic carbocycles. The average Bonchev–Trinajstić information content (AvgIpc) is 3.01. The molecule has 2 heterocycles. The maximum atomic E-state index is 12.9. The molecule has 1 fully saturated rings. The van der Waals surface area contributed by atoms with Gasteiger partial charge in [-0.3, -0.25) is 0 Å². The Balaban J connectivity index is 1.49. The molecule has 1 saturated heterocycles. The van der Waals surface area contributed by atoms with E-state index in [9.17, 15) is 9.18 Å². The Morgan fingerprint density at radius 3 is 2.80 bits per heavy atom. The van der Waals surface area contributed by atoms with Crippen molar-refractivity contribution in [2.75, 3.05) is 13.1 Å². The number of likely N-dealkylation sites (tertiary alicyclic amines) is 1. The van der Waals surface area contributed by atoms with Crippen LogP contribution in [-0.2, 0) is 6.54 Å². The minimum atomic E-state index is -0.287. The fraction of sp³-hybridized carbons (Fsp3) is 0.389. The van der Waals surface area contributed by atoms with Gasteiger partial charge in [-0.1, -0.05) is 12.1 Å². The molecule has 1 aliphatic heterocycles. The molecule has 2 aromatic rings. The summed E-state index contributed by atoms with van der Waals surface area (Å²) in [6.45, 7) is 5.22. The molecule has 0 spiro atoms. The predicted molar refractivity (Wildman–Crippen MR) is 90.7 cm³/mol. The molecule has 7 heteroatoms. The van der Waals surface area contributed by atoms with Crippen LogP contribution in [0.3, 0.4) is 0 Å². The van der Waals surface area contributed by atoms with Gasteiger partial charge in [0.2, 0.25) is 5.88 Å². The normalized spacial score (nSPS) is 16.8. The quantitative estimate of drug-likeness (QED) is 0.926. The molecule has 1 unspecified atom stereocenters. The maximum Gasteiger partial charge on any atom is 0.317 e. The summed E-state index contributed by atoms with van der Waals surface area (Å²) in [6.07, 6.45) is 0.678. The van der Waals surface area contributed by atoms with Crippen LogP contribution < -0.4 is 10.1 Å². The largest absolute Gasteiger partial charge is 0.472 e. The molecule has 132 valence electrons. The van der Waals surface area contributed by atoms with Crippen molar-refractivity contribution in [2.45, 2.75) is 32.9 Å². The number of hydrogen-bond donors (Lipinski definition) is 1. The van der Waals surface area contributed by atoms with E-state index in [4.69, 9.17) is 4.74 Å². The van der Waals surface area contributed by atoms with E-state index in [1.165, 1.54) is 12.1 Å². The number of rotatable bonds is 4. The van der Waals surface area contributed by atoms with E-state index in [1.54, 1.807) is 23.1 Å². The van der Waals surface area contributed by atoms with Crippen LogP contribution in [0.2, 0.25) is 0 Å². The van der Waals surface area contributed by atoms with E-state index in [1.807, 2.05) is 13.8 Å². The van der Waals surface area contributed by atoms with Gasteiger partial charge >= 0.3 is 6.03 Å². The van der Waals surface area contributed by atoms with E-state index < -0.39 is 0 Å². The molecule has 1 aliphatic rings. The number of aryl methyl sites for hydroxylation is 2. The van der Waals surface area contributed by atoms with Crippen molar-refractivity contribution < 1.29 is 13.9 Å². The average molecular weight is 344 g/mol. The molecule has 0 radical (unpaired) electrons. The lowest BCUT2D eigenvalue weighted by Crippen LogP contribution is -2.39. The van der Waals surface area contributed by atoms with Crippen LogP contribution in [0.5, 0.6) is 5.88 Å². The second-order valence-electron chi connectivity index (χ2n) is 6.15. The van der Waals surface area contributed by atoms with Crippen LogP contribution in [-0.4, -0.2) is 40.1 Å². The molecule has 25 heavy (non-hydrogen) atoms. The fourth-order valence-corrected chi connectivity index (χ4v) is 2.81. The van der Waals surface area contributed by atoms with Crippen LogP contribution in [0.25, 0.3) is 0 Å². The zero-order valence-electron chi connectivity index (χ0n) is 14.3. The molecular formula is C18H21FN4O2. The number of amides is 2. The van der Waals surface area contributed by atoms with Crippen molar-refractivity contribution in [1.29, 1.82) is 0 Å². The van der Waals surface area contributed by atoms with Gasteiger partial charge in [0.1, 0.15) is 17.7 Å². The molecule has 0 bridgehead atoms.